The molecule has 0 radical (unpaired) electrons. The average Bonchev–Trinajstić information content (AvgIpc) is 2.88. The van der Waals surface area contributed by atoms with Crippen LogP contribution in [0.1, 0.15) is 12.7 Å². The number of nitrogens with one attached hydrogen (secondary N) is 1. The molecule has 1 heterocycles. The number of thioether (sulfide) groups is 1. The quantitative estimate of drug-likeness (QED) is 0.604. The van der Waals surface area contributed by atoms with Gasteiger partial charge in [-0.15, -0.1) is 10.2 Å². The van der Waals surface area contributed by atoms with Crippen molar-refractivity contribution in [2.75, 3.05) is 17.7 Å². The third kappa shape index (κ3) is 5.05. The number of ether oxygens (including phenoxy) is 1. The summed E-state index contributed by atoms with van der Waals surface area (Å²) in [5, 5.41) is 11.1. The first-order chi connectivity index (χ1) is 11.5. The maximum atomic E-state index is 12.8. The van der Waals surface area contributed by atoms with E-state index in [4.69, 9.17) is 4.74 Å². The number of anilines is 1. The van der Waals surface area contributed by atoms with E-state index in [9.17, 15) is 14.0 Å². The van der Waals surface area contributed by atoms with Gasteiger partial charge >= 0.3 is 5.97 Å². The molecule has 0 aliphatic rings. The fourth-order valence-corrected chi connectivity index (χ4v) is 2.56. The van der Waals surface area contributed by atoms with Crippen LogP contribution in [-0.2, 0) is 27.8 Å². The largest absolute Gasteiger partial charge is 0.466 e. The van der Waals surface area contributed by atoms with Crippen molar-refractivity contribution in [1.82, 2.24) is 14.8 Å². The Hall–Kier alpha value is -2.42. The van der Waals surface area contributed by atoms with Crippen molar-refractivity contribution >= 4 is 29.3 Å². The minimum absolute atomic E-state index is 0.0275. The molecule has 0 unspecified atom stereocenters. The number of benzene rings is 1. The number of aromatic nitrogens is 3. The molecule has 0 saturated carbocycles. The van der Waals surface area contributed by atoms with Gasteiger partial charge in [0.15, 0.2) is 5.16 Å². The molecule has 2 aromatic rings. The summed E-state index contributed by atoms with van der Waals surface area (Å²) in [6, 6.07) is 5.51. The van der Waals surface area contributed by atoms with Crippen LogP contribution in [-0.4, -0.2) is 39.0 Å². The van der Waals surface area contributed by atoms with Crippen molar-refractivity contribution in [3.8, 4) is 0 Å². The standard InChI is InChI=1S/C15H17FN4O3S/c1-3-23-14(22)8-12-18-19-15(20(12)2)24-9-13(21)17-11-6-4-10(16)5-7-11/h4-7H,3,8-9H2,1-2H3,(H,17,21). The molecule has 1 N–H and O–H groups in total. The monoisotopic (exact) mass is 352 g/mol. The number of amides is 1. The van der Waals surface area contributed by atoms with Crippen molar-refractivity contribution in [2.45, 2.75) is 18.5 Å². The number of hydrogen-bond acceptors (Lipinski definition) is 6. The van der Waals surface area contributed by atoms with Crippen LogP contribution in [0.25, 0.3) is 0 Å². The minimum Gasteiger partial charge on any atom is -0.466 e. The molecule has 0 aliphatic heterocycles. The van der Waals surface area contributed by atoms with Gasteiger partial charge in [-0.05, 0) is 31.2 Å². The fourth-order valence-electron chi connectivity index (χ4n) is 1.83. The normalized spacial score (nSPS) is 10.5. The second-order valence-corrected chi connectivity index (χ2v) is 5.73. The van der Waals surface area contributed by atoms with E-state index in [1.54, 1.807) is 18.5 Å². The highest BCUT2D eigenvalue weighted by Crippen LogP contribution is 2.17. The first-order valence-corrected chi connectivity index (χ1v) is 8.20. The van der Waals surface area contributed by atoms with Crippen molar-refractivity contribution < 1.29 is 18.7 Å². The Kier molecular flexibility index (Phi) is 6.30. The van der Waals surface area contributed by atoms with Crippen molar-refractivity contribution in [3.05, 3.63) is 35.9 Å². The molecular weight excluding hydrogens is 335 g/mol. The Morgan fingerprint density at radius 3 is 2.67 bits per heavy atom. The summed E-state index contributed by atoms with van der Waals surface area (Å²) in [6.07, 6.45) is 0.0275. The van der Waals surface area contributed by atoms with E-state index in [-0.39, 0.29) is 29.9 Å². The molecule has 1 aromatic carbocycles. The molecule has 1 aromatic heterocycles. The van der Waals surface area contributed by atoms with Gasteiger partial charge in [-0.25, -0.2) is 4.39 Å². The van der Waals surface area contributed by atoms with E-state index < -0.39 is 0 Å². The van der Waals surface area contributed by atoms with E-state index in [0.29, 0.717) is 23.3 Å². The predicted molar refractivity (Wildman–Crippen MR) is 87.1 cm³/mol. The van der Waals surface area contributed by atoms with E-state index in [2.05, 4.69) is 15.5 Å². The number of carbonyl (C=O) groups is 2. The Morgan fingerprint density at radius 2 is 2.00 bits per heavy atom. The Bertz CT molecular complexity index is 718. The Morgan fingerprint density at radius 1 is 1.29 bits per heavy atom. The second kappa shape index (κ2) is 8.44. The van der Waals surface area contributed by atoms with Gasteiger partial charge in [0.2, 0.25) is 5.91 Å². The predicted octanol–water partition coefficient (Wildman–Crippen LogP) is 1.79. The summed E-state index contributed by atoms with van der Waals surface area (Å²) in [5.74, 6) is -0.409. The smallest absolute Gasteiger partial charge is 0.313 e. The number of halogens is 1. The van der Waals surface area contributed by atoms with E-state index in [1.165, 1.54) is 36.0 Å². The van der Waals surface area contributed by atoms with Gasteiger partial charge in [0, 0.05) is 12.7 Å². The van der Waals surface area contributed by atoms with Crippen LogP contribution in [0, 0.1) is 5.82 Å². The minimum atomic E-state index is -0.376. The molecule has 0 fully saturated rings. The van der Waals surface area contributed by atoms with Crippen LogP contribution in [0.3, 0.4) is 0 Å². The van der Waals surface area contributed by atoms with Gasteiger partial charge in [-0.2, -0.15) is 0 Å². The number of rotatable bonds is 7. The van der Waals surface area contributed by atoms with Crippen LogP contribution in [0.15, 0.2) is 29.4 Å². The lowest BCUT2D eigenvalue weighted by molar-refractivity contribution is -0.142. The highest BCUT2D eigenvalue weighted by Gasteiger charge is 2.15. The molecule has 0 aliphatic carbocycles. The molecule has 0 bridgehead atoms. The summed E-state index contributed by atoms with van der Waals surface area (Å²) in [5.41, 5.74) is 0.517. The van der Waals surface area contributed by atoms with E-state index >= 15 is 0 Å². The molecule has 9 heteroatoms. The summed E-state index contributed by atoms with van der Waals surface area (Å²) in [7, 11) is 1.72. The lowest BCUT2D eigenvalue weighted by Gasteiger charge is -2.05. The Balaban J connectivity index is 1.87. The zero-order valence-electron chi connectivity index (χ0n) is 13.3. The molecule has 0 spiro atoms. The van der Waals surface area contributed by atoms with Gasteiger partial charge < -0.3 is 14.6 Å². The van der Waals surface area contributed by atoms with Crippen LogP contribution < -0.4 is 5.32 Å². The van der Waals surface area contributed by atoms with Crippen LogP contribution in [0.4, 0.5) is 10.1 Å². The van der Waals surface area contributed by atoms with E-state index in [1.807, 2.05) is 0 Å². The number of carbonyl (C=O) groups excluding carboxylic acids is 2. The molecule has 0 atom stereocenters. The van der Waals surface area contributed by atoms with Crippen LogP contribution in [0.5, 0.6) is 0 Å². The van der Waals surface area contributed by atoms with Gasteiger partial charge in [0.1, 0.15) is 18.1 Å². The van der Waals surface area contributed by atoms with Crippen molar-refractivity contribution in [1.29, 1.82) is 0 Å². The SMILES string of the molecule is CCOC(=O)Cc1nnc(SCC(=O)Nc2ccc(F)cc2)n1C. The molecule has 24 heavy (non-hydrogen) atoms. The second-order valence-electron chi connectivity index (χ2n) is 4.78. The molecular formula is C15H17FN4O3S. The topological polar surface area (TPSA) is 86.1 Å². The van der Waals surface area contributed by atoms with Crippen molar-refractivity contribution in [3.63, 3.8) is 0 Å². The molecule has 0 saturated heterocycles. The summed E-state index contributed by atoms with van der Waals surface area (Å²) in [4.78, 5) is 23.4. The zero-order valence-corrected chi connectivity index (χ0v) is 14.1. The van der Waals surface area contributed by atoms with Gasteiger partial charge in [-0.3, -0.25) is 9.59 Å². The lowest BCUT2D eigenvalue weighted by Crippen LogP contribution is -2.15. The van der Waals surface area contributed by atoms with Crippen molar-refractivity contribution in [2.24, 2.45) is 7.05 Å². The highest BCUT2D eigenvalue weighted by atomic mass is 32.2. The van der Waals surface area contributed by atoms with Crippen LogP contribution >= 0.6 is 11.8 Å². The van der Waals surface area contributed by atoms with Gasteiger partial charge in [0.25, 0.3) is 0 Å². The number of hydrogen-bond donors (Lipinski definition) is 1. The summed E-state index contributed by atoms with van der Waals surface area (Å²) in [6.45, 7) is 2.04. The zero-order chi connectivity index (χ0) is 17.5. The van der Waals surface area contributed by atoms with Crippen LogP contribution in [0.2, 0.25) is 0 Å². The average molecular weight is 352 g/mol. The fraction of sp³-hybridized carbons (Fsp3) is 0.333. The van der Waals surface area contributed by atoms with E-state index in [0.717, 1.165) is 0 Å². The third-order valence-corrected chi connectivity index (χ3v) is 4.01. The lowest BCUT2D eigenvalue weighted by atomic mass is 10.3. The number of nitrogens with zero attached hydrogens (tertiary/aromatic N) is 3. The van der Waals surface area contributed by atoms with Gasteiger partial charge in [-0.1, -0.05) is 11.8 Å². The maximum absolute atomic E-state index is 12.8. The number of esters is 1. The van der Waals surface area contributed by atoms with Gasteiger partial charge in [0.05, 0.1) is 12.4 Å². The summed E-state index contributed by atoms with van der Waals surface area (Å²) >= 11 is 1.19. The molecule has 1 amide bonds. The summed E-state index contributed by atoms with van der Waals surface area (Å²) < 4.78 is 19.3. The molecule has 7 nitrogen and oxygen atoms in total. The Labute approximate surface area is 142 Å². The molecule has 128 valence electrons. The first-order valence-electron chi connectivity index (χ1n) is 7.21. The first kappa shape index (κ1) is 17.9. The third-order valence-electron chi connectivity index (χ3n) is 2.99. The molecule has 2 rings (SSSR count). The highest BCUT2D eigenvalue weighted by molar-refractivity contribution is 7.99. The maximum Gasteiger partial charge on any atom is 0.313 e.